The van der Waals surface area contributed by atoms with Gasteiger partial charge in [0.15, 0.2) is 9.84 Å². The van der Waals surface area contributed by atoms with Crippen molar-refractivity contribution in [2.24, 2.45) is 0 Å². The Morgan fingerprint density at radius 3 is 2.41 bits per heavy atom. The molecule has 5 heteroatoms. The summed E-state index contributed by atoms with van der Waals surface area (Å²) in [5, 5.41) is 2.87. The fraction of sp³-hybridized carbons (Fsp3) is 0.588. The lowest BCUT2D eigenvalue weighted by Crippen LogP contribution is -2.33. The molecule has 22 heavy (non-hydrogen) atoms. The second-order valence-corrected chi connectivity index (χ2v) is 7.96. The molecule has 1 aromatic carbocycles. The van der Waals surface area contributed by atoms with Crippen LogP contribution >= 0.6 is 0 Å². The van der Waals surface area contributed by atoms with Crippen molar-refractivity contribution in [3.63, 3.8) is 0 Å². The Morgan fingerprint density at radius 2 is 1.82 bits per heavy atom. The third kappa shape index (κ3) is 6.60. The standard InChI is InChI=1S/C17H27NO3S/c1-4-5-6-7-15(3)18-17(19)12-13-22(20,21)16-10-8-14(2)9-11-16/h8-11,15H,4-7,12-13H2,1-3H3,(H,18,19). The van der Waals surface area contributed by atoms with Gasteiger partial charge in [-0.3, -0.25) is 4.79 Å². The van der Waals surface area contributed by atoms with Crippen molar-refractivity contribution in [2.45, 2.75) is 63.8 Å². The first-order valence-corrected chi connectivity index (χ1v) is 9.59. The molecule has 1 aromatic rings. The zero-order valence-electron chi connectivity index (χ0n) is 13.8. The molecule has 1 amide bonds. The van der Waals surface area contributed by atoms with Crippen LogP contribution in [0.3, 0.4) is 0 Å². The van der Waals surface area contributed by atoms with E-state index in [1.165, 1.54) is 0 Å². The molecule has 0 saturated heterocycles. The van der Waals surface area contributed by atoms with Crippen LogP contribution in [0.1, 0.15) is 51.5 Å². The number of amides is 1. The maximum Gasteiger partial charge on any atom is 0.221 e. The molecule has 0 fully saturated rings. The van der Waals surface area contributed by atoms with Crippen LogP contribution in [0.5, 0.6) is 0 Å². The number of hydrogen-bond donors (Lipinski definition) is 1. The summed E-state index contributed by atoms with van der Waals surface area (Å²) in [6.07, 6.45) is 4.33. The van der Waals surface area contributed by atoms with Gasteiger partial charge < -0.3 is 5.32 Å². The summed E-state index contributed by atoms with van der Waals surface area (Å²) in [6, 6.07) is 6.82. The summed E-state index contributed by atoms with van der Waals surface area (Å²) in [5.41, 5.74) is 1.01. The Hall–Kier alpha value is -1.36. The highest BCUT2D eigenvalue weighted by atomic mass is 32.2. The molecule has 0 aliphatic carbocycles. The SMILES string of the molecule is CCCCCC(C)NC(=O)CCS(=O)(=O)c1ccc(C)cc1. The summed E-state index contributed by atoms with van der Waals surface area (Å²) in [6.45, 7) is 6.00. The van der Waals surface area contributed by atoms with Crippen LogP contribution in [0.15, 0.2) is 29.2 Å². The van der Waals surface area contributed by atoms with Gasteiger partial charge in [0, 0.05) is 12.5 Å². The number of aryl methyl sites for hydroxylation is 1. The van der Waals surface area contributed by atoms with Gasteiger partial charge in [-0.15, -0.1) is 0 Å². The number of unbranched alkanes of at least 4 members (excludes halogenated alkanes) is 2. The number of hydrogen-bond acceptors (Lipinski definition) is 3. The smallest absolute Gasteiger partial charge is 0.221 e. The second-order valence-electron chi connectivity index (χ2n) is 5.85. The molecule has 0 bridgehead atoms. The highest BCUT2D eigenvalue weighted by molar-refractivity contribution is 7.91. The molecule has 1 N–H and O–H groups in total. The number of rotatable bonds is 9. The fourth-order valence-corrected chi connectivity index (χ4v) is 3.45. The van der Waals surface area contributed by atoms with Crippen LogP contribution in [0.4, 0.5) is 0 Å². The predicted molar refractivity (Wildman–Crippen MR) is 89.6 cm³/mol. The van der Waals surface area contributed by atoms with Crippen molar-refractivity contribution in [1.82, 2.24) is 5.32 Å². The molecule has 0 aliphatic heterocycles. The van der Waals surface area contributed by atoms with Crippen LogP contribution in [0.25, 0.3) is 0 Å². The summed E-state index contributed by atoms with van der Waals surface area (Å²) >= 11 is 0. The minimum atomic E-state index is -3.39. The largest absolute Gasteiger partial charge is 0.354 e. The Kier molecular flexibility index (Phi) is 7.59. The molecule has 1 unspecified atom stereocenters. The van der Waals surface area contributed by atoms with Gasteiger partial charge in [0.2, 0.25) is 5.91 Å². The molecule has 0 spiro atoms. The maximum absolute atomic E-state index is 12.2. The molecular formula is C17H27NO3S. The number of nitrogens with one attached hydrogen (secondary N) is 1. The van der Waals surface area contributed by atoms with Crippen molar-refractivity contribution in [3.05, 3.63) is 29.8 Å². The molecule has 0 aliphatic rings. The van der Waals surface area contributed by atoms with E-state index < -0.39 is 9.84 Å². The van der Waals surface area contributed by atoms with E-state index in [-0.39, 0.29) is 29.0 Å². The van der Waals surface area contributed by atoms with Gasteiger partial charge in [0.05, 0.1) is 10.6 Å². The average molecular weight is 325 g/mol. The Balaban J connectivity index is 2.44. The van der Waals surface area contributed by atoms with E-state index in [9.17, 15) is 13.2 Å². The van der Waals surface area contributed by atoms with Crippen LogP contribution in [-0.2, 0) is 14.6 Å². The zero-order chi connectivity index (χ0) is 16.6. The lowest BCUT2D eigenvalue weighted by molar-refractivity contribution is -0.121. The van der Waals surface area contributed by atoms with E-state index >= 15 is 0 Å². The lowest BCUT2D eigenvalue weighted by atomic mass is 10.1. The van der Waals surface area contributed by atoms with Crippen molar-refractivity contribution in [1.29, 1.82) is 0 Å². The van der Waals surface area contributed by atoms with Gasteiger partial charge in [-0.05, 0) is 32.4 Å². The highest BCUT2D eigenvalue weighted by Gasteiger charge is 2.17. The van der Waals surface area contributed by atoms with Crippen molar-refractivity contribution < 1.29 is 13.2 Å². The normalized spacial score (nSPS) is 12.9. The molecule has 0 saturated carbocycles. The topological polar surface area (TPSA) is 63.2 Å². The molecule has 0 radical (unpaired) electrons. The number of benzene rings is 1. The maximum atomic E-state index is 12.2. The van der Waals surface area contributed by atoms with Crippen molar-refractivity contribution >= 4 is 15.7 Å². The van der Waals surface area contributed by atoms with E-state index in [4.69, 9.17) is 0 Å². The first kappa shape index (κ1) is 18.7. The van der Waals surface area contributed by atoms with E-state index in [1.807, 2.05) is 13.8 Å². The zero-order valence-corrected chi connectivity index (χ0v) is 14.6. The number of carbonyl (C=O) groups is 1. The summed E-state index contributed by atoms with van der Waals surface area (Å²) in [7, 11) is -3.39. The molecule has 0 aromatic heterocycles. The quantitative estimate of drug-likeness (QED) is 0.709. The van der Waals surface area contributed by atoms with Crippen LogP contribution in [0.2, 0.25) is 0 Å². The summed E-state index contributed by atoms with van der Waals surface area (Å²) in [4.78, 5) is 12.1. The molecule has 4 nitrogen and oxygen atoms in total. The first-order valence-electron chi connectivity index (χ1n) is 7.94. The van der Waals surface area contributed by atoms with Crippen LogP contribution in [0, 0.1) is 6.92 Å². The van der Waals surface area contributed by atoms with E-state index in [2.05, 4.69) is 12.2 Å². The van der Waals surface area contributed by atoms with E-state index in [1.54, 1.807) is 24.3 Å². The highest BCUT2D eigenvalue weighted by Crippen LogP contribution is 2.13. The van der Waals surface area contributed by atoms with Crippen LogP contribution in [-0.4, -0.2) is 26.1 Å². The van der Waals surface area contributed by atoms with Crippen molar-refractivity contribution in [2.75, 3.05) is 5.75 Å². The Bertz CT molecular complexity index is 564. The van der Waals surface area contributed by atoms with Gasteiger partial charge >= 0.3 is 0 Å². The summed E-state index contributed by atoms with van der Waals surface area (Å²) < 4.78 is 24.3. The van der Waals surface area contributed by atoms with E-state index in [0.717, 1.165) is 31.2 Å². The van der Waals surface area contributed by atoms with Crippen molar-refractivity contribution in [3.8, 4) is 0 Å². The first-order chi connectivity index (χ1) is 10.3. The molecular weight excluding hydrogens is 298 g/mol. The minimum absolute atomic E-state index is 0.00826. The van der Waals surface area contributed by atoms with Crippen LogP contribution < -0.4 is 5.32 Å². The van der Waals surface area contributed by atoms with Gasteiger partial charge in [-0.1, -0.05) is 43.9 Å². The molecule has 124 valence electrons. The second kappa shape index (κ2) is 8.93. The van der Waals surface area contributed by atoms with Gasteiger partial charge in [0.1, 0.15) is 0 Å². The minimum Gasteiger partial charge on any atom is -0.354 e. The summed E-state index contributed by atoms with van der Waals surface area (Å²) in [5.74, 6) is -0.344. The molecule has 1 atom stereocenters. The van der Waals surface area contributed by atoms with Gasteiger partial charge in [0.25, 0.3) is 0 Å². The average Bonchev–Trinajstić information content (AvgIpc) is 2.46. The monoisotopic (exact) mass is 325 g/mol. The molecule has 0 heterocycles. The third-order valence-electron chi connectivity index (χ3n) is 3.63. The van der Waals surface area contributed by atoms with E-state index in [0.29, 0.717) is 0 Å². The fourth-order valence-electron chi connectivity index (χ4n) is 2.21. The Labute approximate surface area is 134 Å². The lowest BCUT2D eigenvalue weighted by Gasteiger charge is -2.13. The number of sulfone groups is 1. The predicted octanol–water partition coefficient (Wildman–Crippen LogP) is 3.24. The van der Waals surface area contributed by atoms with Gasteiger partial charge in [-0.25, -0.2) is 8.42 Å². The third-order valence-corrected chi connectivity index (χ3v) is 5.36. The molecule has 1 rings (SSSR count). The number of carbonyl (C=O) groups excluding carboxylic acids is 1. The van der Waals surface area contributed by atoms with Gasteiger partial charge in [-0.2, -0.15) is 0 Å². The Morgan fingerprint density at radius 1 is 1.18 bits per heavy atom.